The van der Waals surface area contributed by atoms with Gasteiger partial charge in [0.2, 0.25) is 0 Å². The number of hydrogen-bond donors (Lipinski definition) is 1. The van der Waals surface area contributed by atoms with Crippen molar-refractivity contribution < 1.29 is 18.4 Å². The van der Waals surface area contributed by atoms with Crippen molar-refractivity contribution in [3.63, 3.8) is 0 Å². The highest BCUT2D eigenvalue weighted by molar-refractivity contribution is 7.62. The average Bonchev–Trinajstić information content (AvgIpc) is 3.26. The Kier molecular flexibility index (Phi) is 7.50. The molecule has 3 aromatic carbocycles. The zero-order chi connectivity index (χ0) is 24.1. The third-order valence-corrected chi connectivity index (χ3v) is 7.61. The van der Waals surface area contributed by atoms with Gasteiger partial charge in [-0.15, -0.1) is 0 Å². The van der Waals surface area contributed by atoms with Crippen molar-refractivity contribution in [3.8, 4) is 22.4 Å². The molecule has 0 aliphatic carbocycles. The number of benzene rings is 3. The Morgan fingerprint density at radius 2 is 1.44 bits per heavy atom. The highest BCUT2D eigenvalue weighted by Gasteiger charge is 2.37. The SMILES string of the molecule is CCOP(=O)(OCC)c1[nH]c(-c2ccccc2)c(C(=O)c2cccc(Cl)c2)c1-c1ccccc1. The predicted molar refractivity (Wildman–Crippen MR) is 137 cm³/mol. The molecule has 1 N–H and O–H groups in total. The number of aromatic amines is 1. The van der Waals surface area contributed by atoms with Gasteiger partial charge in [0, 0.05) is 16.1 Å². The maximum Gasteiger partial charge on any atom is 0.378 e. The van der Waals surface area contributed by atoms with Gasteiger partial charge in [-0.1, -0.05) is 84.4 Å². The average molecular weight is 494 g/mol. The van der Waals surface area contributed by atoms with Crippen molar-refractivity contribution in [1.82, 2.24) is 4.98 Å². The van der Waals surface area contributed by atoms with Gasteiger partial charge >= 0.3 is 7.60 Å². The van der Waals surface area contributed by atoms with E-state index >= 15 is 0 Å². The number of hydrogen-bond acceptors (Lipinski definition) is 4. The van der Waals surface area contributed by atoms with E-state index in [1.165, 1.54) is 0 Å². The summed E-state index contributed by atoms with van der Waals surface area (Å²) in [6.07, 6.45) is 0. The summed E-state index contributed by atoms with van der Waals surface area (Å²) in [5.74, 6) is -0.248. The van der Waals surface area contributed by atoms with Gasteiger partial charge in [-0.05, 0) is 37.1 Å². The van der Waals surface area contributed by atoms with Gasteiger partial charge in [0.1, 0.15) is 5.44 Å². The number of carbonyl (C=O) groups is 1. The van der Waals surface area contributed by atoms with Crippen molar-refractivity contribution >= 4 is 30.4 Å². The summed E-state index contributed by atoms with van der Waals surface area (Å²) in [6, 6.07) is 25.6. The molecule has 0 unspecified atom stereocenters. The van der Waals surface area contributed by atoms with Gasteiger partial charge in [-0.25, -0.2) is 0 Å². The Balaban J connectivity index is 2.09. The summed E-state index contributed by atoms with van der Waals surface area (Å²) in [5, 5.41) is 0.457. The molecule has 0 atom stereocenters. The van der Waals surface area contributed by atoms with Crippen molar-refractivity contribution in [2.24, 2.45) is 0 Å². The second-order valence-electron chi connectivity index (χ2n) is 7.50. The smallest absolute Gasteiger partial charge is 0.347 e. The second-order valence-corrected chi connectivity index (χ2v) is 9.90. The van der Waals surface area contributed by atoms with Crippen molar-refractivity contribution in [2.45, 2.75) is 13.8 Å². The Morgan fingerprint density at radius 1 is 0.853 bits per heavy atom. The molecule has 34 heavy (non-hydrogen) atoms. The molecular weight excluding hydrogens is 469 g/mol. The first-order chi connectivity index (χ1) is 16.5. The van der Waals surface area contributed by atoms with E-state index in [9.17, 15) is 9.36 Å². The first kappa shape index (κ1) is 24.2. The van der Waals surface area contributed by atoms with Crippen LogP contribution in [0, 0.1) is 0 Å². The molecule has 0 aliphatic heterocycles. The van der Waals surface area contributed by atoms with Crippen LogP contribution in [0.1, 0.15) is 29.8 Å². The molecule has 0 radical (unpaired) electrons. The van der Waals surface area contributed by atoms with Gasteiger partial charge in [0.15, 0.2) is 5.78 Å². The predicted octanol–water partition coefficient (Wildman–Crippen LogP) is 7.12. The zero-order valence-corrected chi connectivity index (χ0v) is 20.6. The van der Waals surface area contributed by atoms with Gasteiger partial charge in [0.25, 0.3) is 0 Å². The van der Waals surface area contributed by atoms with Crippen molar-refractivity contribution in [2.75, 3.05) is 13.2 Å². The molecule has 174 valence electrons. The van der Waals surface area contributed by atoms with Crippen LogP contribution in [0.3, 0.4) is 0 Å². The van der Waals surface area contributed by atoms with E-state index in [1.807, 2.05) is 60.7 Å². The number of rotatable bonds is 9. The van der Waals surface area contributed by atoms with Crippen molar-refractivity contribution in [3.05, 3.63) is 101 Å². The topological polar surface area (TPSA) is 68.4 Å². The van der Waals surface area contributed by atoms with E-state index in [0.29, 0.717) is 27.4 Å². The van der Waals surface area contributed by atoms with Crippen LogP contribution in [-0.2, 0) is 13.6 Å². The fraction of sp³-hybridized carbons (Fsp3) is 0.148. The normalized spacial score (nSPS) is 11.5. The standard InChI is InChI=1S/C27H25ClNO4P/c1-3-32-34(31,33-4-2)27-23(19-12-7-5-8-13-19)24(25(29-27)20-14-9-6-10-15-20)26(30)21-16-11-17-22(28)18-21/h5-18,29H,3-4H2,1-2H3. The molecule has 0 spiro atoms. The van der Waals surface area contributed by atoms with Crippen LogP contribution < -0.4 is 5.44 Å². The van der Waals surface area contributed by atoms with Crippen LogP contribution in [0.4, 0.5) is 0 Å². The summed E-state index contributed by atoms with van der Waals surface area (Å²) >= 11 is 6.21. The highest BCUT2D eigenvalue weighted by atomic mass is 35.5. The lowest BCUT2D eigenvalue weighted by molar-refractivity contribution is 0.104. The molecule has 0 aliphatic rings. The lowest BCUT2D eigenvalue weighted by atomic mass is 9.93. The molecule has 0 bridgehead atoms. The Bertz CT molecular complexity index is 1330. The summed E-state index contributed by atoms with van der Waals surface area (Å²) < 4.78 is 25.4. The lowest BCUT2D eigenvalue weighted by Crippen LogP contribution is -2.15. The van der Waals surface area contributed by atoms with Gasteiger partial charge < -0.3 is 14.0 Å². The fourth-order valence-corrected chi connectivity index (χ4v) is 5.87. The number of aromatic nitrogens is 1. The van der Waals surface area contributed by atoms with Crippen LogP contribution in [0.15, 0.2) is 84.9 Å². The fourth-order valence-electron chi connectivity index (χ4n) is 3.91. The molecule has 4 rings (SSSR count). The molecule has 0 amide bonds. The summed E-state index contributed by atoms with van der Waals surface area (Å²) in [4.78, 5) is 17.3. The lowest BCUT2D eigenvalue weighted by Gasteiger charge is -2.18. The Hall–Kier alpha value is -2.95. The third kappa shape index (κ3) is 4.79. The van der Waals surface area contributed by atoms with E-state index in [-0.39, 0.29) is 24.4 Å². The highest BCUT2D eigenvalue weighted by Crippen LogP contribution is 2.51. The quantitative estimate of drug-likeness (QED) is 0.199. The molecular formula is C27H25ClNO4P. The minimum atomic E-state index is -3.78. The molecule has 5 nitrogen and oxygen atoms in total. The Morgan fingerprint density at radius 3 is 2.00 bits per heavy atom. The number of H-pyrrole nitrogens is 1. The maximum atomic E-state index is 14.0. The van der Waals surface area contributed by atoms with Gasteiger partial charge in [-0.2, -0.15) is 0 Å². The van der Waals surface area contributed by atoms with Gasteiger partial charge in [-0.3, -0.25) is 9.36 Å². The van der Waals surface area contributed by atoms with Crippen LogP contribution >= 0.6 is 19.2 Å². The van der Waals surface area contributed by atoms with Crippen LogP contribution in [0.5, 0.6) is 0 Å². The van der Waals surface area contributed by atoms with E-state index in [2.05, 4.69) is 4.98 Å². The number of ketones is 1. The third-order valence-electron chi connectivity index (χ3n) is 5.29. The number of halogens is 1. The molecule has 0 saturated carbocycles. The first-order valence-electron chi connectivity index (χ1n) is 11.0. The molecule has 1 aromatic heterocycles. The number of nitrogens with one attached hydrogen (secondary N) is 1. The van der Waals surface area contributed by atoms with Crippen LogP contribution in [-0.4, -0.2) is 24.0 Å². The summed E-state index contributed by atoms with van der Waals surface area (Å²) in [7, 11) is -3.78. The molecule has 0 fully saturated rings. The van der Waals surface area contributed by atoms with Crippen molar-refractivity contribution in [1.29, 1.82) is 0 Å². The van der Waals surface area contributed by atoms with Crippen LogP contribution in [0.25, 0.3) is 22.4 Å². The second kappa shape index (κ2) is 10.5. The largest absolute Gasteiger partial charge is 0.378 e. The van der Waals surface area contributed by atoms with E-state index in [4.69, 9.17) is 20.6 Å². The number of carbonyl (C=O) groups excluding carboxylic acids is 1. The minimum absolute atomic E-state index is 0.183. The zero-order valence-electron chi connectivity index (χ0n) is 19.0. The summed E-state index contributed by atoms with van der Waals surface area (Å²) in [5.41, 5.74) is 3.60. The van der Waals surface area contributed by atoms with E-state index in [0.717, 1.165) is 11.1 Å². The molecule has 0 saturated heterocycles. The monoisotopic (exact) mass is 493 g/mol. The minimum Gasteiger partial charge on any atom is -0.347 e. The maximum absolute atomic E-state index is 14.0. The molecule has 1 heterocycles. The van der Waals surface area contributed by atoms with Gasteiger partial charge in [0.05, 0.1) is 24.5 Å². The molecule has 7 heteroatoms. The van der Waals surface area contributed by atoms with E-state index in [1.54, 1.807) is 38.1 Å². The van der Waals surface area contributed by atoms with E-state index < -0.39 is 7.60 Å². The molecule has 4 aromatic rings. The first-order valence-corrected chi connectivity index (χ1v) is 13.0. The summed E-state index contributed by atoms with van der Waals surface area (Å²) in [6.45, 7) is 3.88. The van der Waals surface area contributed by atoms with Crippen LogP contribution in [0.2, 0.25) is 5.02 Å². The Labute approximate surface area is 204 Å².